The Hall–Kier alpha value is -1.40. The molecule has 0 unspecified atom stereocenters. The summed E-state index contributed by atoms with van der Waals surface area (Å²) in [5.41, 5.74) is 0. The van der Waals surface area contributed by atoms with Crippen molar-refractivity contribution in [2.24, 2.45) is 5.92 Å². The summed E-state index contributed by atoms with van der Waals surface area (Å²) in [6.45, 7) is 6.76. The van der Waals surface area contributed by atoms with Crippen LogP contribution in [0, 0.1) is 12.8 Å². The van der Waals surface area contributed by atoms with E-state index in [-0.39, 0.29) is 0 Å². The molecule has 0 aromatic carbocycles. The van der Waals surface area contributed by atoms with Crippen molar-refractivity contribution in [3.8, 4) is 5.88 Å². The summed E-state index contributed by atoms with van der Waals surface area (Å²) in [4.78, 5) is 11.1. The van der Waals surface area contributed by atoms with E-state index in [1.807, 2.05) is 13.0 Å². The molecule has 6 nitrogen and oxygen atoms in total. The summed E-state index contributed by atoms with van der Waals surface area (Å²) >= 11 is 0. The summed E-state index contributed by atoms with van der Waals surface area (Å²) in [5.74, 6) is 3.11. The normalized spacial score (nSPS) is 16.2. The fourth-order valence-corrected chi connectivity index (χ4v) is 2.64. The number of anilines is 1. The highest BCUT2D eigenvalue weighted by Gasteiger charge is 2.20. The Bertz CT molecular complexity index is 434. The minimum Gasteiger partial charge on any atom is -0.481 e. The SMILES string of the molecule is COCCNCC1CCN(c2cc(OC)nc(C)n2)CC1. The van der Waals surface area contributed by atoms with Crippen LogP contribution < -0.4 is 15.0 Å². The second kappa shape index (κ2) is 8.14. The van der Waals surface area contributed by atoms with Crippen LogP contribution in [0.2, 0.25) is 0 Å². The van der Waals surface area contributed by atoms with Crippen LogP contribution >= 0.6 is 0 Å². The average molecular weight is 294 g/mol. The number of hydrogen-bond donors (Lipinski definition) is 1. The van der Waals surface area contributed by atoms with Gasteiger partial charge in [-0.2, -0.15) is 4.98 Å². The molecule has 2 heterocycles. The Kier molecular flexibility index (Phi) is 6.20. The first-order chi connectivity index (χ1) is 10.2. The second-order valence-corrected chi connectivity index (χ2v) is 5.44. The highest BCUT2D eigenvalue weighted by Crippen LogP contribution is 2.23. The lowest BCUT2D eigenvalue weighted by Gasteiger charge is -2.33. The fourth-order valence-electron chi connectivity index (χ4n) is 2.64. The Morgan fingerprint density at radius 2 is 2.05 bits per heavy atom. The molecule has 0 spiro atoms. The molecular formula is C15H26N4O2. The third-order valence-electron chi connectivity index (χ3n) is 3.86. The predicted molar refractivity (Wildman–Crippen MR) is 83.0 cm³/mol. The van der Waals surface area contributed by atoms with Crippen molar-refractivity contribution in [3.05, 3.63) is 11.9 Å². The first-order valence-corrected chi connectivity index (χ1v) is 7.57. The number of piperidine rings is 1. The molecule has 1 fully saturated rings. The van der Waals surface area contributed by atoms with Crippen LogP contribution in [-0.2, 0) is 4.74 Å². The molecular weight excluding hydrogens is 268 g/mol. The molecule has 0 radical (unpaired) electrons. The molecule has 0 saturated carbocycles. The van der Waals surface area contributed by atoms with Gasteiger partial charge in [-0.15, -0.1) is 0 Å². The smallest absolute Gasteiger partial charge is 0.218 e. The van der Waals surface area contributed by atoms with Crippen LogP contribution in [0.25, 0.3) is 0 Å². The number of aromatic nitrogens is 2. The summed E-state index contributed by atoms with van der Waals surface area (Å²) in [5, 5.41) is 3.45. The van der Waals surface area contributed by atoms with Gasteiger partial charge in [0.1, 0.15) is 11.6 Å². The highest BCUT2D eigenvalue weighted by molar-refractivity contribution is 5.42. The number of nitrogens with zero attached hydrogens (tertiary/aromatic N) is 3. The van der Waals surface area contributed by atoms with Crippen molar-refractivity contribution < 1.29 is 9.47 Å². The van der Waals surface area contributed by atoms with Gasteiger partial charge >= 0.3 is 0 Å². The molecule has 21 heavy (non-hydrogen) atoms. The highest BCUT2D eigenvalue weighted by atomic mass is 16.5. The predicted octanol–water partition coefficient (Wildman–Crippen LogP) is 1.25. The minimum atomic E-state index is 0.640. The number of ether oxygens (including phenoxy) is 2. The molecule has 1 aromatic heterocycles. The van der Waals surface area contributed by atoms with Gasteiger partial charge < -0.3 is 19.7 Å². The number of aryl methyl sites for hydroxylation is 1. The van der Waals surface area contributed by atoms with Crippen molar-refractivity contribution in [2.75, 3.05) is 51.9 Å². The largest absolute Gasteiger partial charge is 0.481 e. The molecule has 1 saturated heterocycles. The summed E-state index contributed by atoms with van der Waals surface area (Å²) in [7, 11) is 3.38. The third-order valence-corrected chi connectivity index (χ3v) is 3.86. The van der Waals surface area contributed by atoms with E-state index in [1.54, 1.807) is 14.2 Å². The number of hydrogen-bond acceptors (Lipinski definition) is 6. The minimum absolute atomic E-state index is 0.640. The summed E-state index contributed by atoms with van der Waals surface area (Å²) in [6.07, 6.45) is 2.37. The number of methoxy groups -OCH3 is 2. The van der Waals surface area contributed by atoms with E-state index in [2.05, 4.69) is 20.2 Å². The quantitative estimate of drug-likeness (QED) is 0.764. The summed E-state index contributed by atoms with van der Waals surface area (Å²) in [6, 6.07) is 1.92. The molecule has 0 aliphatic carbocycles. The van der Waals surface area contributed by atoms with Crippen molar-refractivity contribution >= 4 is 5.82 Å². The zero-order valence-electron chi connectivity index (χ0n) is 13.3. The molecule has 2 rings (SSSR count). The van der Waals surface area contributed by atoms with Gasteiger partial charge in [-0.3, -0.25) is 0 Å². The third kappa shape index (κ3) is 4.82. The second-order valence-electron chi connectivity index (χ2n) is 5.44. The molecule has 1 aliphatic heterocycles. The molecule has 1 N–H and O–H groups in total. The molecule has 0 atom stereocenters. The van der Waals surface area contributed by atoms with Crippen LogP contribution in [0.4, 0.5) is 5.82 Å². The van der Waals surface area contributed by atoms with Gasteiger partial charge in [0, 0.05) is 32.8 Å². The maximum absolute atomic E-state index is 5.22. The van der Waals surface area contributed by atoms with Crippen molar-refractivity contribution in [1.29, 1.82) is 0 Å². The van der Waals surface area contributed by atoms with Crippen LogP contribution in [0.3, 0.4) is 0 Å². The summed E-state index contributed by atoms with van der Waals surface area (Å²) < 4.78 is 10.3. The van der Waals surface area contributed by atoms with E-state index in [0.717, 1.165) is 50.3 Å². The van der Waals surface area contributed by atoms with Gasteiger partial charge in [0.2, 0.25) is 5.88 Å². The maximum atomic E-state index is 5.22. The zero-order chi connectivity index (χ0) is 15.1. The molecule has 1 aromatic rings. The van der Waals surface area contributed by atoms with Gasteiger partial charge in [0.05, 0.1) is 13.7 Å². The van der Waals surface area contributed by atoms with Crippen LogP contribution in [0.15, 0.2) is 6.07 Å². The lowest BCUT2D eigenvalue weighted by atomic mass is 9.97. The number of rotatable bonds is 7. The Balaban J connectivity index is 1.82. The Morgan fingerprint density at radius 3 is 2.71 bits per heavy atom. The monoisotopic (exact) mass is 294 g/mol. The van der Waals surface area contributed by atoms with E-state index in [4.69, 9.17) is 9.47 Å². The van der Waals surface area contributed by atoms with Crippen molar-refractivity contribution in [2.45, 2.75) is 19.8 Å². The van der Waals surface area contributed by atoms with E-state index < -0.39 is 0 Å². The molecule has 0 amide bonds. The first-order valence-electron chi connectivity index (χ1n) is 7.57. The molecule has 6 heteroatoms. The lowest BCUT2D eigenvalue weighted by molar-refractivity contribution is 0.196. The van der Waals surface area contributed by atoms with Gasteiger partial charge in [0.25, 0.3) is 0 Å². The topological polar surface area (TPSA) is 59.5 Å². The Morgan fingerprint density at radius 1 is 1.29 bits per heavy atom. The van der Waals surface area contributed by atoms with E-state index >= 15 is 0 Å². The standard InChI is InChI=1S/C15H26N4O2/c1-12-17-14(10-15(18-12)21-3)19-7-4-13(5-8-19)11-16-6-9-20-2/h10,13,16H,4-9,11H2,1-3H3. The Labute approximate surface area is 126 Å². The van der Waals surface area contributed by atoms with E-state index in [9.17, 15) is 0 Å². The number of nitrogens with one attached hydrogen (secondary N) is 1. The van der Waals surface area contributed by atoms with E-state index in [0.29, 0.717) is 5.88 Å². The van der Waals surface area contributed by atoms with Crippen LogP contribution in [-0.4, -0.2) is 57.0 Å². The molecule has 0 bridgehead atoms. The van der Waals surface area contributed by atoms with Crippen LogP contribution in [0.5, 0.6) is 5.88 Å². The maximum Gasteiger partial charge on any atom is 0.218 e. The van der Waals surface area contributed by atoms with Gasteiger partial charge in [-0.05, 0) is 32.2 Å². The van der Waals surface area contributed by atoms with Crippen molar-refractivity contribution in [1.82, 2.24) is 15.3 Å². The fraction of sp³-hybridized carbons (Fsp3) is 0.733. The first kappa shape index (κ1) is 16.0. The van der Waals surface area contributed by atoms with Gasteiger partial charge in [-0.1, -0.05) is 0 Å². The van der Waals surface area contributed by atoms with E-state index in [1.165, 1.54) is 12.8 Å². The zero-order valence-corrected chi connectivity index (χ0v) is 13.3. The van der Waals surface area contributed by atoms with Crippen LogP contribution in [0.1, 0.15) is 18.7 Å². The van der Waals surface area contributed by atoms with Gasteiger partial charge in [0.15, 0.2) is 0 Å². The average Bonchev–Trinajstić information content (AvgIpc) is 2.51. The molecule has 118 valence electrons. The lowest BCUT2D eigenvalue weighted by Crippen LogP contribution is -2.38. The van der Waals surface area contributed by atoms with Crippen molar-refractivity contribution in [3.63, 3.8) is 0 Å². The molecule has 1 aliphatic rings. The van der Waals surface area contributed by atoms with Gasteiger partial charge in [-0.25, -0.2) is 4.98 Å².